The fourth-order valence-electron chi connectivity index (χ4n) is 0.979. The zero-order chi connectivity index (χ0) is 7.84. The summed E-state index contributed by atoms with van der Waals surface area (Å²) in [5, 5.41) is 11.7. The number of carbonyl (C=O) groups is 1. The number of carbonyl (C=O) groups excluding carboxylic acids is 1. The molecule has 2 heterocycles. The zero-order valence-corrected chi connectivity index (χ0v) is 6.34. The van der Waals surface area contributed by atoms with E-state index in [4.69, 9.17) is 5.11 Å². The van der Waals surface area contributed by atoms with Gasteiger partial charge in [0.2, 0.25) is 0 Å². The van der Waals surface area contributed by atoms with Gasteiger partial charge in [-0.2, -0.15) is 0 Å². The normalized spacial score (nSPS) is 29.4. The Hall–Kier alpha value is -0.940. The fourth-order valence-corrected chi connectivity index (χ4v) is 1.68. The van der Waals surface area contributed by atoms with Crippen LogP contribution in [0.4, 0.5) is 0 Å². The SMILES string of the molecule is O=C1N[C@@H](c2cncs2)[C@H]1O. The molecule has 1 saturated heterocycles. The van der Waals surface area contributed by atoms with Crippen LogP contribution in [0.3, 0.4) is 0 Å². The van der Waals surface area contributed by atoms with Crippen molar-refractivity contribution in [2.75, 3.05) is 0 Å². The van der Waals surface area contributed by atoms with Gasteiger partial charge in [-0.15, -0.1) is 11.3 Å². The molecule has 5 heteroatoms. The number of aliphatic hydroxyl groups is 1. The van der Waals surface area contributed by atoms with E-state index in [2.05, 4.69) is 10.3 Å². The van der Waals surface area contributed by atoms with Crippen molar-refractivity contribution in [1.29, 1.82) is 0 Å². The molecule has 2 rings (SSSR count). The van der Waals surface area contributed by atoms with Gasteiger partial charge in [0.1, 0.15) is 0 Å². The Balaban J connectivity index is 2.15. The van der Waals surface area contributed by atoms with E-state index in [0.29, 0.717) is 0 Å². The molecule has 0 radical (unpaired) electrons. The van der Waals surface area contributed by atoms with E-state index < -0.39 is 6.10 Å². The maximum atomic E-state index is 10.6. The molecule has 1 aliphatic heterocycles. The van der Waals surface area contributed by atoms with Gasteiger partial charge in [-0.25, -0.2) is 0 Å². The average Bonchev–Trinajstić information content (AvgIpc) is 2.51. The summed E-state index contributed by atoms with van der Waals surface area (Å²) < 4.78 is 0. The van der Waals surface area contributed by atoms with Gasteiger partial charge >= 0.3 is 0 Å². The standard InChI is InChI=1S/C6H6N2O2S/c9-5-4(8-6(5)10)3-1-7-2-11-3/h1-2,4-5,9H,(H,8,10)/t4-,5+/m0/s1. The first-order valence-corrected chi connectivity index (χ1v) is 4.04. The lowest BCUT2D eigenvalue weighted by atomic mass is 10.0. The van der Waals surface area contributed by atoms with Gasteiger partial charge in [0.15, 0.2) is 6.10 Å². The summed E-state index contributed by atoms with van der Waals surface area (Å²) in [6, 6.07) is -0.227. The van der Waals surface area contributed by atoms with Crippen molar-refractivity contribution < 1.29 is 9.90 Å². The van der Waals surface area contributed by atoms with Crippen LogP contribution in [-0.4, -0.2) is 22.1 Å². The molecule has 0 aliphatic carbocycles. The van der Waals surface area contributed by atoms with Crippen LogP contribution in [0.2, 0.25) is 0 Å². The highest BCUT2D eigenvalue weighted by molar-refractivity contribution is 7.09. The molecule has 0 aromatic carbocycles. The van der Waals surface area contributed by atoms with Crippen molar-refractivity contribution in [2.45, 2.75) is 12.1 Å². The van der Waals surface area contributed by atoms with E-state index in [1.165, 1.54) is 11.3 Å². The highest BCUT2D eigenvalue weighted by Gasteiger charge is 2.39. The summed E-state index contributed by atoms with van der Waals surface area (Å²) in [4.78, 5) is 15.3. The van der Waals surface area contributed by atoms with Crippen molar-refractivity contribution in [1.82, 2.24) is 10.3 Å². The smallest absolute Gasteiger partial charge is 0.252 e. The van der Waals surface area contributed by atoms with E-state index in [1.807, 2.05) is 0 Å². The number of thiazole rings is 1. The zero-order valence-electron chi connectivity index (χ0n) is 5.52. The first-order valence-electron chi connectivity index (χ1n) is 3.16. The molecule has 2 N–H and O–H groups in total. The number of rotatable bonds is 1. The van der Waals surface area contributed by atoms with Gasteiger partial charge < -0.3 is 10.4 Å². The highest BCUT2D eigenvalue weighted by atomic mass is 32.1. The van der Waals surface area contributed by atoms with Crippen LogP contribution in [0.5, 0.6) is 0 Å². The molecule has 1 aromatic heterocycles. The summed E-state index contributed by atoms with van der Waals surface area (Å²) in [5.41, 5.74) is 1.67. The summed E-state index contributed by atoms with van der Waals surface area (Å²) >= 11 is 1.43. The van der Waals surface area contributed by atoms with Crippen LogP contribution >= 0.6 is 11.3 Å². The van der Waals surface area contributed by atoms with Crippen LogP contribution in [0.25, 0.3) is 0 Å². The summed E-state index contributed by atoms with van der Waals surface area (Å²) in [7, 11) is 0. The van der Waals surface area contributed by atoms with Gasteiger partial charge in [0, 0.05) is 11.1 Å². The minimum absolute atomic E-state index is 0.227. The van der Waals surface area contributed by atoms with Gasteiger partial charge in [0.05, 0.1) is 11.6 Å². The number of aliphatic hydroxyl groups excluding tert-OH is 1. The molecule has 0 saturated carbocycles. The van der Waals surface area contributed by atoms with Crippen molar-refractivity contribution in [3.63, 3.8) is 0 Å². The van der Waals surface area contributed by atoms with Gasteiger partial charge in [-0.05, 0) is 0 Å². The molecule has 0 bridgehead atoms. The first kappa shape index (κ1) is 6.75. The minimum Gasteiger partial charge on any atom is -0.381 e. The van der Waals surface area contributed by atoms with E-state index in [-0.39, 0.29) is 11.9 Å². The quantitative estimate of drug-likeness (QED) is 0.567. The number of hydrogen-bond acceptors (Lipinski definition) is 4. The molecule has 2 atom stereocenters. The van der Waals surface area contributed by atoms with Crippen LogP contribution in [0, 0.1) is 0 Å². The van der Waals surface area contributed by atoms with E-state index in [9.17, 15) is 4.79 Å². The Morgan fingerprint density at radius 3 is 3.00 bits per heavy atom. The minimum atomic E-state index is -0.879. The van der Waals surface area contributed by atoms with Crippen LogP contribution in [0.1, 0.15) is 10.9 Å². The predicted molar refractivity (Wildman–Crippen MR) is 39.0 cm³/mol. The van der Waals surface area contributed by atoms with E-state index in [1.54, 1.807) is 11.7 Å². The van der Waals surface area contributed by atoms with Crippen LogP contribution in [0.15, 0.2) is 11.7 Å². The lowest BCUT2D eigenvalue weighted by Gasteiger charge is -2.31. The number of nitrogens with zero attached hydrogens (tertiary/aromatic N) is 1. The van der Waals surface area contributed by atoms with Gasteiger partial charge in [0.25, 0.3) is 5.91 Å². The average molecular weight is 170 g/mol. The van der Waals surface area contributed by atoms with Crippen LogP contribution < -0.4 is 5.32 Å². The molecular weight excluding hydrogens is 164 g/mol. The summed E-state index contributed by atoms with van der Waals surface area (Å²) in [5.74, 6) is -0.302. The van der Waals surface area contributed by atoms with E-state index >= 15 is 0 Å². The third-order valence-electron chi connectivity index (χ3n) is 1.64. The second kappa shape index (κ2) is 2.28. The Morgan fingerprint density at radius 2 is 2.55 bits per heavy atom. The fraction of sp³-hybridized carbons (Fsp3) is 0.333. The molecular formula is C6H6N2O2S. The van der Waals surface area contributed by atoms with Crippen LogP contribution in [-0.2, 0) is 4.79 Å². The number of hydrogen-bond donors (Lipinski definition) is 2. The molecule has 0 unspecified atom stereocenters. The Bertz CT molecular complexity index is 272. The Morgan fingerprint density at radius 1 is 1.73 bits per heavy atom. The molecule has 11 heavy (non-hydrogen) atoms. The predicted octanol–water partition coefficient (Wildman–Crippen LogP) is -0.325. The van der Waals surface area contributed by atoms with Gasteiger partial charge in [-0.3, -0.25) is 9.78 Å². The monoisotopic (exact) mass is 170 g/mol. The Kier molecular flexibility index (Phi) is 1.40. The van der Waals surface area contributed by atoms with Crippen molar-refractivity contribution in [3.8, 4) is 0 Å². The second-order valence-corrected chi connectivity index (χ2v) is 3.25. The molecule has 4 nitrogen and oxygen atoms in total. The first-order chi connectivity index (χ1) is 5.29. The highest BCUT2D eigenvalue weighted by Crippen LogP contribution is 2.26. The Labute approximate surface area is 66.9 Å². The molecule has 58 valence electrons. The summed E-state index contributed by atoms with van der Waals surface area (Å²) in [6.07, 6.45) is 0.772. The summed E-state index contributed by atoms with van der Waals surface area (Å²) in [6.45, 7) is 0. The largest absolute Gasteiger partial charge is 0.381 e. The molecule has 1 aliphatic rings. The molecule has 0 spiro atoms. The number of β-lactam (4-membered cyclic amide) rings is 1. The van der Waals surface area contributed by atoms with Gasteiger partial charge in [-0.1, -0.05) is 0 Å². The van der Waals surface area contributed by atoms with Crippen molar-refractivity contribution in [2.24, 2.45) is 0 Å². The third-order valence-corrected chi connectivity index (χ3v) is 2.50. The maximum absolute atomic E-state index is 10.6. The number of amides is 1. The van der Waals surface area contributed by atoms with Crippen molar-refractivity contribution in [3.05, 3.63) is 16.6 Å². The lowest BCUT2D eigenvalue weighted by Crippen LogP contribution is -2.55. The number of aromatic nitrogens is 1. The molecule has 1 aromatic rings. The maximum Gasteiger partial charge on any atom is 0.252 e. The van der Waals surface area contributed by atoms with Crippen molar-refractivity contribution >= 4 is 17.2 Å². The second-order valence-electron chi connectivity index (χ2n) is 2.33. The number of nitrogens with one attached hydrogen (secondary N) is 1. The molecule has 1 fully saturated rings. The third kappa shape index (κ3) is 0.928. The topological polar surface area (TPSA) is 62.2 Å². The molecule has 1 amide bonds. The lowest BCUT2D eigenvalue weighted by molar-refractivity contribution is -0.142. The van der Waals surface area contributed by atoms with E-state index in [0.717, 1.165) is 4.88 Å².